The van der Waals surface area contributed by atoms with Crippen LogP contribution in [0.25, 0.3) is 4.13 Å². The van der Waals surface area contributed by atoms with Gasteiger partial charge in [0.2, 0.25) is 0 Å². The molecule has 0 saturated carbocycles. The molecule has 0 saturated heterocycles. The third kappa shape index (κ3) is 10.2. The summed E-state index contributed by atoms with van der Waals surface area (Å²) in [6, 6.07) is 0. The number of hydrogen-bond donors (Lipinski definition) is 1. The molecular weight excluding hydrogens is 480 g/mol. The molecule has 0 unspecified atom stereocenters. The van der Waals surface area contributed by atoms with Crippen LogP contribution in [0.4, 0.5) is 26.3 Å². The van der Waals surface area contributed by atoms with Crippen LogP contribution in [0.3, 0.4) is 0 Å². The van der Waals surface area contributed by atoms with E-state index < -0.39 is 31.1 Å². The number of nitrogens with zero attached hydrogens (tertiary/aromatic N) is 3. The van der Waals surface area contributed by atoms with Gasteiger partial charge in [-0.1, -0.05) is 19.3 Å². The second-order valence-corrected chi connectivity index (χ2v) is 9.83. The number of imidazole rings is 1. The quantitative estimate of drug-likeness (QED) is 0.299. The number of alkyl halides is 6. The number of halogens is 6. The SMILES string of the molecule is Cc1n(CCCCCCCCO)cc[n+]1C.O=S(=O)([N-]S(=O)(=O)C(F)(F)F)C(F)(F)F. The van der Waals surface area contributed by atoms with E-state index >= 15 is 0 Å². The summed E-state index contributed by atoms with van der Waals surface area (Å²) in [6.45, 7) is 3.63. The summed E-state index contributed by atoms with van der Waals surface area (Å²) in [5.74, 6) is 1.32. The lowest BCUT2D eigenvalue weighted by Gasteiger charge is -2.22. The van der Waals surface area contributed by atoms with Crippen LogP contribution in [-0.4, -0.2) is 44.1 Å². The highest BCUT2D eigenvalue weighted by molar-refractivity contribution is 8.13. The number of aliphatic hydroxyl groups excluding tert-OH is 1. The molecule has 1 N–H and O–H groups in total. The van der Waals surface area contributed by atoms with E-state index in [0.717, 1.165) is 17.1 Å². The molecule has 184 valence electrons. The monoisotopic (exact) mass is 505 g/mol. The second kappa shape index (κ2) is 12.0. The number of sulfonamides is 2. The minimum Gasteiger partial charge on any atom is -0.421 e. The highest BCUT2D eigenvalue weighted by Crippen LogP contribution is 2.36. The molecule has 0 aromatic carbocycles. The van der Waals surface area contributed by atoms with Gasteiger partial charge in [0, 0.05) is 13.5 Å². The number of aliphatic hydroxyl groups is 1. The minimum atomic E-state index is -6.72. The van der Waals surface area contributed by atoms with E-state index in [1.165, 1.54) is 37.9 Å². The number of hydrogen-bond acceptors (Lipinski definition) is 5. The molecule has 0 aliphatic heterocycles. The van der Waals surface area contributed by atoms with Gasteiger partial charge in [0.25, 0.3) is 5.82 Å². The topological polar surface area (TPSA) is 111 Å². The van der Waals surface area contributed by atoms with E-state index in [-0.39, 0.29) is 0 Å². The lowest BCUT2D eigenvalue weighted by atomic mass is 10.1. The lowest BCUT2D eigenvalue weighted by molar-refractivity contribution is -0.677. The van der Waals surface area contributed by atoms with Crippen molar-refractivity contribution in [1.29, 1.82) is 0 Å². The maximum absolute atomic E-state index is 11.4. The Balaban J connectivity index is 0.000000582. The van der Waals surface area contributed by atoms with Crippen molar-refractivity contribution < 1.29 is 52.9 Å². The molecule has 1 heterocycles. The van der Waals surface area contributed by atoms with E-state index in [1.807, 2.05) is 0 Å². The maximum atomic E-state index is 11.4. The summed E-state index contributed by atoms with van der Waals surface area (Å²) in [6.07, 6.45) is 11.5. The first kappa shape index (κ1) is 29.6. The van der Waals surface area contributed by atoms with Crippen molar-refractivity contribution in [2.75, 3.05) is 6.61 Å². The smallest absolute Gasteiger partial charge is 0.421 e. The largest absolute Gasteiger partial charge is 0.480 e. The molecule has 0 radical (unpaired) electrons. The van der Waals surface area contributed by atoms with Gasteiger partial charge in [0.1, 0.15) is 12.4 Å². The molecule has 0 aliphatic rings. The highest BCUT2D eigenvalue weighted by atomic mass is 32.3. The van der Waals surface area contributed by atoms with Crippen molar-refractivity contribution in [1.82, 2.24) is 4.57 Å². The number of aryl methyl sites for hydroxylation is 2. The van der Waals surface area contributed by atoms with Crippen LogP contribution in [0.2, 0.25) is 0 Å². The molecule has 0 atom stereocenters. The average Bonchev–Trinajstić information content (AvgIpc) is 2.91. The van der Waals surface area contributed by atoms with Gasteiger partial charge in [-0.15, -0.1) is 0 Å². The van der Waals surface area contributed by atoms with Gasteiger partial charge >= 0.3 is 11.0 Å². The van der Waals surface area contributed by atoms with Gasteiger partial charge in [-0.3, -0.25) is 0 Å². The molecule has 1 rings (SSSR count). The Hall–Kier alpha value is -1.39. The summed E-state index contributed by atoms with van der Waals surface area (Å²) in [7, 11) is -11.4. The van der Waals surface area contributed by atoms with E-state index in [1.54, 1.807) is 0 Å². The summed E-state index contributed by atoms with van der Waals surface area (Å²) in [5, 5.41) is 8.64. The van der Waals surface area contributed by atoms with E-state index in [0.29, 0.717) is 6.61 Å². The summed E-state index contributed by atoms with van der Waals surface area (Å²) in [4.78, 5) is 0. The van der Waals surface area contributed by atoms with Crippen LogP contribution in [0, 0.1) is 6.92 Å². The molecule has 0 bridgehead atoms. The zero-order chi connectivity index (χ0) is 24.5. The van der Waals surface area contributed by atoms with Crippen molar-refractivity contribution in [2.45, 2.75) is 63.0 Å². The zero-order valence-corrected chi connectivity index (χ0v) is 18.5. The summed E-state index contributed by atoms with van der Waals surface area (Å²) in [5.41, 5.74) is -12.4. The maximum Gasteiger partial charge on any atom is 0.480 e. The van der Waals surface area contributed by atoms with Crippen LogP contribution in [-0.2, 0) is 33.6 Å². The first-order valence-corrected chi connectivity index (χ1v) is 11.8. The molecule has 16 heteroatoms. The van der Waals surface area contributed by atoms with Gasteiger partial charge in [0.05, 0.1) is 13.6 Å². The van der Waals surface area contributed by atoms with Crippen molar-refractivity contribution in [3.63, 3.8) is 0 Å². The molecule has 1 aromatic heterocycles. The molecule has 0 amide bonds. The number of rotatable bonds is 10. The molecule has 0 spiro atoms. The molecule has 31 heavy (non-hydrogen) atoms. The van der Waals surface area contributed by atoms with E-state index in [4.69, 9.17) is 5.11 Å². The fraction of sp³-hybridized carbons (Fsp3) is 0.800. The van der Waals surface area contributed by atoms with Crippen molar-refractivity contribution >= 4 is 20.0 Å². The fourth-order valence-corrected chi connectivity index (χ4v) is 3.86. The van der Waals surface area contributed by atoms with Crippen molar-refractivity contribution in [2.24, 2.45) is 7.05 Å². The molecular formula is C15H25F6N3O5S2. The number of unbranched alkanes of at least 4 members (excludes halogenated alkanes) is 5. The Bertz CT molecular complexity index is 838. The highest BCUT2D eigenvalue weighted by Gasteiger charge is 2.46. The third-order valence-corrected chi connectivity index (χ3v) is 6.72. The predicted molar refractivity (Wildman–Crippen MR) is 98.4 cm³/mol. The Morgan fingerprint density at radius 1 is 0.903 bits per heavy atom. The molecule has 1 aromatic rings. The van der Waals surface area contributed by atoms with Crippen molar-refractivity contribution in [3.05, 3.63) is 22.3 Å². The summed E-state index contributed by atoms with van der Waals surface area (Å²) >= 11 is 0. The third-order valence-electron chi connectivity index (χ3n) is 3.98. The first-order chi connectivity index (χ1) is 14.0. The standard InChI is InChI=1S/C13H25N2O.C2F6NO4S2/c1-13-14(2)10-11-15(13)9-7-5-3-4-6-8-12-16;3-1(4,5)14(10,11)9-15(12,13)2(6,7)8/h10-11,16H,3-9,12H2,1-2H3;/q+1;-1. The Kier molecular flexibility index (Phi) is 11.5. The van der Waals surface area contributed by atoms with E-state index in [2.05, 4.69) is 35.5 Å². The molecule has 0 fully saturated rings. The van der Waals surface area contributed by atoms with Gasteiger partial charge in [-0.2, -0.15) is 26.3 Å². The Morgan fingerprint density at radius 2 is 1.32 bits per heavy atom. The molecule has 0 aliphatic carbocycles. The zero-order valence-electron chi connectivity index (χ0n) is 16.8. The first-order valence-electron chi connectivity index (χ1n) is 8.95. The predicted octanol–water partition coefficient (Wildman–Crippen LogP) is 3.01. The fourth-order valence-electron chi connectivity index (χ4n) is 2.15. The van der Waals surface area contributed by atoms with E-state index in [9.17, 15) is 43.2 Å². The minimum absolute atomic E-state index is 0.346. The normalized spacial score (nSPS) is 13.1. The average molecular weight is 506 g/mol. The van der Waals surface area contributed by atoms with Crippen LogP contribution in [0.5, 0.6) is 0 Å². The van der Waals surface area contributed by atoms with Gasteiger partial charge < -0.3 is 9.23 Å². The Labute approximate surface area is 177 Å². The number of aromatic nitrogens is 2. The van der Waals surface area contributed by atoms with Gasteiger partial charge in [-0.05, 0) is 19.3 Å². The van der Waals surface area contributed by atoms with Crippen LogP contribution in [0.1, 0.15) is 44.3 Å². The Morgan fingerprint density at radius 3 is 1.68 bits per heavy atom. The molecule has 8 nitrogen and oxygen atoms in total. The van der Waals surface area contributed by atoms with Crippen LogP contribution in [0.15, 0.2) is 12.4 Å². The van der Waals surface area contributed by atoms with Gasteiger partial charge in [0.15, 0.2) is 20.0 Å². The van der Waals surface area contributed by atoms with Crippen molar-refractivity contribution in [3.8, 4) is 0 Å². The van der Waals surface area contributed by atoms with Crippen LogP contribution < -0.4 is 4.57 Å². The summed E-state index contributed by atoms with van der Waals surface area (Å²) < 4.78 is 114. The second-order valence-electron chi connectivity index (χ2n) is 6.41. The lowest BCUT2D eigenvalue weighted by Crippen LogP contribution is -2.30. The van der Waals surface area contributed by atoms with Gasteiger partial charge in [-0.25, -0.2) is 26.0 Å². The van der Waals surface area contributed by atoms with Crippen LogP contribution >= 0.6 is 0 Å².